The molecule has 6 atom stereocenters. The Kier molecular flexibility index (Phi) is 3.75. The highest BCUT2D eigenvalue weighted by atomic mass is 16.6. The van der Waals surface area contributed by atoms with Crippen LogP contribution in [0, 0.1) is 16.7 Å². The first-order chi connectivity index (χ1) is 13.6. The molecule has 2 saturated carbocycles. The van der Waals surface area contributed by atoms with Crippen molar-refractivity contribution in [3.05, 3.63) is 23.3 Å². The van der Waals surface area contributed by atoms with Gasteiger partial charge in [0.2, 0.25) is 5.78 Å². The fraction of sp³-hybridized carbons (Fsp3) is 0.696. The summed E-state index contributed by atoms with van der Waals surface area (Å²) in [4.78, 5) is 36.1. The highest BCUT2D eigenvalue weighted by Gasteiger charge is 2.84. The van der Waals surface area contributed by atoms with E-state index in [0.29, 0.717) is 12.8 Å². The van der Waals surface area contributed by atoms with Crippen molar-refractivity contribution in [3.8, 4) is 0 Å². The van der Waals surface area contributed by atoms with E-state index in [4.69, 9.17) is 9.47 Å². The number of Topliss-reactive ketones (excluding diaryl/α,β-unsaturated/α-hetero) is 1. The minimum absolute atomic E-state index is 0.133. The van der Waals surface area contributed by atoms with Crippen molar-refractivity contribution in [1.29, 1.82) is 0 Å². The van der Waals surface area contributed by atoms with Crippen LogP contribution in [0.5, 0.6) is 0 Å². The number of hydrogen-bond donors (Lipinski definition) is 1. The van der Waals surface area contributed by atoms with Crippen LogP contribution in [0.4, 0.5) is 0 Å². The number of allylic oxidation sites excluding steroid dienone is 3. The summed E-state index contributed by atoms with van der Waals surface area (Å²) in [6, 6.07) is 0. The second-order valence-corrected chi connectivity index (χ2v) is 9.92. The van der Waals surface area contributed by atoms with E-state index >= 15 is 0 Å². The van der Waals surface area contributed by atoms with E-state index in [0.717, 1.165) is 19.3 Å². The fourth-order valence-electron chi connectivity index (χ4n) is 7.03. The lowest BCUT2D eigenvalue weighted by Gasteiger charge is -2.55. The minimum Gasteiger partial charge on any atom is -0.458 e. The molecule has 4 aliphatic carbocycles. The van der Waals surface area contributed by atoms with Crippen LogP contribution < -0.4 is 0 Å². The Morgan fingerprint density at radius 1 is 1.31 bits per heavy atom. The summed E-state index contributed by atoms with van der Waals surface area (Å²) in [7, 11) is 0. The number of ether oxygens (including phenoxy) is 2. The van der Waals surface area contributed by atoms with Gasteiger partial charge in [-0.25, -0.2) is 0 Å². The molecule has 1 aliphatic heterocycles. The largest absolute Gasteiger partial charge is 0.458 e. The highest BCUT2D eigenvalue weighted by molar-refractivity contribution is 5.93. The molecule has 0 bridgehead atoms. The van der Waals surface area contributed by atoms with Gasteiger partial charge >= 0.3 is 5.97 Å². The smallest absolute Gasteiger partial charge is 0.303 e. The summed E-state index contributed by atoms with van der Waals surface area (Å²) in [5.41, 5.74) is -0.461. The van der Waals surface area contributed by atoms with E-state index in [1.54, 1.807) is 0 Å². The lowest BCUT2D eigenvalue weighted by atomic mass is 9.49. The number of fused-ring (bicyclic) bond motifs is 3. The van der Waals surface area contributed by atoms with Crippen molar-refractivity contribution in [3.63, 3.8) is 0 Å². The monoisotopic (exact) mass is 400 g/mol. The van der Waals surface area contributed by atoms with Gasteiger partial charge in [-0.05, 0) is 31.8 Å². The maximum atomic E-state index is 12.9. The molecule has 0 unspecified atom stereocenters. The van der Waals surface area contributed by atoms with Gasteiger partial charge in [0.15, 0.2) is 12.4 Å². The van der Waals surface area contributed by atoms with Crippen LogP contribution in [0.2, 0.25) is 0 Å². The quantitative estimate of drug-likeness (QED) is 0.444. The van der Waals surface area contributed by atoms with E-state index in [-0.39, 0.29) is 29.6 Å². The van der Waals surface area contributed by atoms with Gasteiger partial charge in [-0.3, -0.25) is 14.4 Å². The van der Waals surface area contributed by atoms with Crippen LogP contribution in [0.3, 0.4) is 0 Å². The summed E-state index contributed by atoms with van der Waals surface area (Å²) in [5, 5.41) is 11.5. The summed E-state index contributed by atoms with van der Waals surface area (Å²) in [6.45, 7) is 5.04. The minimum atomic E-state index is -1.56. The van der Waals surface area contributed by atoms with E-state index in [1.165, 1.54) is 18.1 Å². The molecule has 0 aromatic heterocycles. The Morgan fingerprint density at radius 3 is 2.79 bits per heavy atom. The van der Waals surface area contributed by atoms with Crippen molar-refractivity contribution in [2.75, 3.05) is 6.61 Å². The third-order valence-corrected chi connectivity index (χ3v) is 8.76. The predicted molar refractivity (Wildman–Crippen MR) is 103 cm³/mol. The Labute approximate surface area is 170 Å². The number of carbonyl (C=O) groups is 3. The van der Waals surface area contributed by atoms with Crippen molar-refractivity contribution < 1.29 is 29.0 Å². The molecule has 0 radical (unpaired) electrons. The molecule has 5 rings (SSSR count). The van der Waals surface area contributed by atoms with Gasteiger partial charge in [-0.15, -0.1) is 0 Å². The van der Waals surface area contributed by atoms with Crippen molar-refractivity contribution in [2.24, 2.45) is 16.7 Å². The number of hydrogen-bond acceptors (Lipinski definition) is 6. The molecule has 1 saturated heterocycles. The molecule has 5 aliphatic rings. The molecule has 156 valence electrons. The van der Waals surface area contributed by atoms with Gasteiger partial charge in [-0.1, -0.05) is 31.1 Å². The average Bonchev–Trinajstić information content (AvgIpc) is 3.32. The zero-order chi connectivity index (χ0) is 20.8. The molecule has 1 N–H and O–H groups in total. The Morgan fingerprint density at radius 2 is 2.07 bits per heavy atom. The van der Waals surface area contributed by atoms with Crippen molar-refractivity contribution in [2.45, 2.75) is 76.6 Å². The maximum absolute atomic E-state index is 12.9. The van der Waals surface area contributed by atoms with Gasteiger partial charge in [0, 0.05) is 36.5 Å². The van der Waals surface area contributed by atoms with Crippen LogP contribution in [-0.2, 0) is 23.9 Å². The first-order valence-corrected chi connectivity index (χ1v) is 10.6. The summed E-state index contributed by atoms with van der Waals surface area (Å²) >= 11 is 0. The van der Waals surface area contributed by atoms with Gasteiger partial charge in [-0.2, -0.15) is 0 Å². The Bertz CT molecular complexity index is 901. The number of esters is 1. The number of epoxide rings is 1. The Hall–Kier alpha value is -1.79. The molecular formula is C23H28O6. The summed E-state index contributed by atoms with van der Waals surface area (Å²) in [5.74, 6) is -0.620. The highest BCUT2D eigenvalue weighted by Crippen LogP contribution is 2.75. The molecule has 3 fully saturated rings. The van der Waals surface area contributed by atoms with Crippen LogP contribution >= 0.6 is 0 Å². The second kappa shape index (κ2) is 5.67. The number of carbonyl (C=O) groups excluding carboxylic acids is 3. The first-order valence-electron chi connectivity index (χ1n) is 10.6. The molecule has 1 spiro atoms. The lowest BCUT2D eigenvalue weighted by molar-refractivity contribution is -0.172. The third-order valence-electron chi connectivity index (χ3n) is 8.76. The molecule has 1 heterocycles. The number of rotatable bonds is 3. The zero-order valence-electron chi connectivity index (χ0n) is 17.2. The van der Waals surface area contributed by atoms with E-state index < -0.39 is 35.0 Å². The average molecular weight is 400 g/mol. The topological polar surface area (TPSA) is 93.2 Å². The van der Waals surface area contributed by atoms with E-state index in [1.807, 2.05) is 13.0 Å². The van der Waals surface area contributed by atoms with E-state index in [2.05, 4.69) is 13.0 Å². The predicted octanol–water partition coefficient (Wildman–Crippen LogP) is 2.43. The first kappa shape index (κ1) is 19.2. The van der Waals surface area contributed by atoms with Crippen molar-refractivity contribution >= 4 is 17.5 Å². The Balaban J connectivity index is 1.53. The third kappa shape index (κ3) is 2.17. The molecule has 0 aromatic rings. The van der Waals surface area contributed by atoms with Gasteiger partial charge < -0.3 is 14.6 Å². The number of aliphatic hydroxyl groups is 1. The van der Waals surface area contributed by atoms with Gasteiger partial charge in [0.25, 0.3) is 0 Å². The summed E-state index contributed by atoms with van der Waals surface area (Å²) in [6.07, 6.45) is 7.74. The molecule has 6 nitrogen and oxygen atoms in total. The van der Waals surface area contributed by atoms with Crippen LogP contribution in [-0.4, -0.2) is 46.6 Å². The molecule has 29 heavy (non-hydrogen) atoms. The molecule has 6 heteroatoms. The van der Waals surface area contributed by atoms with Crippen LogP contribution in [0.1, 0.15) is 59.3 Å². The van der Waals surface area contributed by atoms with Gasteiger partial charge in [0.05, 0.1) is 6.10 Å². The lowest BCUT2D eigenvalue weighted by Crippen LogP contribution is -2.61. The molecular weight excluding hydrogens is 372 g/mol. The molecule has 0 amide bonds. The zero-order valence-corrected chi connectivity index (χ0v) is 17.2. The maximum Gasteiger partial charge on any atom is 0.303 e. The standard InChI is InChI=1S/C23H28O6/c1-13(24)28-12-18(26)22(27)11-19-23(29-19)17-5-4-14-10-15(25)6-8-20(14,2)16(17)7-9-21(22,23)3/h7,10,17,19,27H,4-6,8-9,11-12H2,1-3H3/t17-,19+,20+,21-,22+,23+/m1/s1. The molecule has 0 aromatic carbocycles. The van der Waals surface area contributed by atoms with Crippen LogP contribution in [0.15, 0.2) is 23.3 Å². The van der Waals surface area contributed by atoms with Crippen molar-refractivity contribution in [1.82, 2.24) is 0 Å². The fourth-order valence-corrected chi connectivity index (χ4v) is 7.03. The SMILES string of the molecule is CC(=O)OCC(=O)[C@@]1(O)C[C@@H]2O[C@@]23[C@@H]2CCC4=CC(=O)CC[C@]4(C)C2=CC[C@@]31C. The van der Waals surface area contributed by atoms with Crippen LogP contribution in [0.25, 0.3) is 0 Å². The normalized spacial score (nSPS) is 47.1. The number of ketones is 2. The second-order valence-electron chi connectivity index (χ2n) is 9.92. The van der Waals surface area contributed by atoms with Gasteiger partial charge in [0.1, 0.15) is 11.2 Å². The summed E-state index contributed by atoms with van der Waals surface area (Å²) < 4.78 is 11.2. The van der Waals surface area contributed by atoms with E-state index in [9.17, 15) is 19.5 Å².